The van der Waals surface area contributed by atoms with Crippen molar-refractivity contribution in [2.75, 3.05) is 13.2 Å². The maximum Gasteiger partial charge on any atom is 0.339 e. The van der Waals surface area contributed by atoms with E-state index in [1.807, 2.05) is 0 Å². The lowest BCUT2D eigenvalue weighted by Crippen LogP contribution is -2.28. The van der Waals surface area contributed by atoms with Crippen LogP contribution in [0.4, 0.5) is 0 Å². The molecule has 0 heterocycles. The molecule has 0 amide bonds. The summed E-state index contributed by atoms with van der Waals surface area (Å²) < 4.78 is 10.7. The van der Waals surface area contributed by atoms with E-state index in [-0.39, 0.29) is 17.9 Å². The van der Waals surface area contributed by atoms with Crippen molar-refractivity contribution in [3.63, 3.8) is 0 Å². The zero-order valence-corrected chi connectivity index (χ0v) is 10.8. The van der Waals surface area contributed by atoms with Crippen molar-refractivity contribution in [1.82, 2.24) is 0 Å². The number of carbonyl (C=O) groups is 1. The van der Waals surface area contributed by atoms with Crippen molar-refractivity contribution < 1.29 is 24.5 Å². The Morgan fingerprint density at radius 2 is 2.00 bits per heavy atom. The SMILES string of the molecule is CCOc1cccc(C(=O)O)c1OCC(C)(C)O. The molecule has 5 nitrogen and oxygen atoms in total. The topological polar surface area (TPSA) is 76.0 Å². The van der Waals surface area contributed by atoms with Gasteiger partial charge in [0.25, 0.3) is 0 Å². The van der Waals surface area contributed by atoms with Crippen LogP contribution >= 0.6 is 0 Å². The molecule has 0 fully saturated rings. The molecule has 100 valence electrons. The molecule has 0 spiro atoms. The molecule has 0 aromatic heterocycles. The van der Waals surface area contributed by atoms with Crippen molar-refractivity contribution in [3.8, 4) is 11.5 Å². The van der Waals surface area contributed by atoms with E-state index in [0.717, 1.165) is 0 Å². The van der Waals surface area contributed by atoms with Gasteiger partial charge in [0.2, 0.25) is 0 Å². The molecule has 18 heavy (non-hydrogen) atoms. The predicted octanol–water partition coefficient (Wildman–Crippen LogP) is 1.93. The minimum atomic E-state index is -1.10. The highest BCUT2D eigenvalue weighted by molar-refractivity contribution is 5.92. The maximum absolute atomic E-state index is 11.1. The molecular weight excluding hydrogens is 236 g/mol. The van der Waals surface area contributed by atoms with Crippen LogP contribution in [0.1, 0.15) is 31.1 Å². The number of aliphatic hydroxyl groups is 1. The Balaban J connectivity index is 3.06. The molecule has 0 aliphatic heterocycles. The fraction of sp³-hybridized carbons (Fsp3) is 0.462. The Kier molecular flexibility index (Phi) is 4.55. The fourth-order valence-electron chi connectivity index (χ4n) is 1.35. The quantitative estimate of drug-likeness (QED) is 0.811. The van der Waals surface area contributed by atoms with Gasteiger partial charge in [-0.3, -0.25) is 0 Å². The fourth-order valence-corrected chi connectivity index (χ4v) is 1.35. The zero-order valence-electron chi connectivity index (χ0n) is 10.8. The average Bonchev–Trinajstić information content (AvgIpc) is 2.26. The molecule has 0 bridgehead atoms. The van der Waals surface area contributed by atoms with E-state index in [1.54, 1.807) is 32.9 Å². The molecule has 0 saturated heterocycles. The molecule has 0 radical (unpaired) electrons. The standard InChI is InChI=1S/C13H18O5/c1-4-17-10-7-5-6-9(12(14)15)11(10)18-8-13(2,3)16/h5-7,16H,4,8H2,1-3H3,(H,14,15). The second-order valence-electron chi connectivity index (χ2n) is 4.47. The first-order valence-electron chi connectivity index (χ1n) is 5.69. The van der Waals surface area contributed by atoms with Gasteiger partial charge < -0.3 is 19.7 Å². The summed E-state index contributed by atoms with van der Waals surface area (Å²) in [5, 5.41) is 18.7. The van der Waals surface area contributed by atoms with Gasteiger partial charge in [-0.05, 0) is 32.9 Å². The highest BCUT2D eigenvalue weighted by Gasteiger charge is 2.20. The van der Waals surface area contributed by atoms with Gasteiger partial charge in [0, 0.05) is 0 Å². The molecule has 1 rings (SSSR count). The van der Waals surface area contributed by atoms with E-state index in [2.05, 4.69) is 0 Å². The Hall–Kier alpha value is -1.75. The van der Waals surface area contributed by atoms with E-state index < -0.39 is 11.6 Å². The molecule has 0 aliphatic rings. The summed E-state index contributed by atoms with van der Waals surface area (Å²) in [5.74, 6) is -0.585. The summed E-state index contributed by atoms with van der Waals surface area (Å²) in [4.78, 5) is 11.1. The number of carboxylic acid groups (broad SMARTS) is 1. The maximum atomic E-state index is 11.1. The number of hydrogen-bond acceptors (Lipinski definition) is 4. The van der Waals surface area contributed by atoms with Gasteiger partial charge in [0.1, 0.15) is 12.2 Å². The highest BCUT2D eigenvalue weighted by Crippen LogP contribution is 2.32. The number of para-hydroxylation sites is 1. The Bertz CT molecular complexity index is 420. The van der Waals surface area contributed by atoms with Crippen molar-refractivity contribution in [3.05, 3.63) is 23.8 Å². The van der Waals surface area contributed by atoms with Crippen LogP contribution in [0.15, 0.2) is 18.2 Å². The van der Waals surface area contributed by atoms with E-state index >= 15 is 0 Å². The molecule has 0 unspecified atom stereocenters. The third kappa shape index (κ3) is 3.92. The number of benzene rings is 1. The van der Waals surface area contributed by atoms with E-state index in [0.29, 0.717) is 12.4 Å². The van der Waals surface area contributed by atoms with Gasteiger partial charge in [0.15, 0.2) is 11.5 Å². The van der Waals surface area contributed by atoms with Crippen LogP contribution in [-0.2, 0) is 0 Å². The minimum Gasteiger partial charge on any atom is -0.490 e. The van der Waals surface area contributed by atoms with E-state index in [4.69, 9.17) is 14.6 Å². The van der Waals surface area contributed by atoms with E-state index in [9.17, 15) is 9.90 Å². The van der Waals surface area contributed by atoms with Gasteiger partial charge in [-0.2, -0.15) is 0 Å². The van der Waals surface area contributed by atoms with Gasteiger partial charge in [-0.15, -0.1) is 0 Å². The van der Waals surface area contributed by atoms with Crippen LogP contribution < -0.4 is 9.47 Å². The number of hydrogen-bond donors (Lipinski definition) is 2. The summed E-state index contributed by atoms with van der Waals surface area (Å²) in [6, 6.07) is 4.66. The highest BCUT2D eigenvalue weighted by atomic mass is 16.5. The lowest BCUT2D eigenvalue weighted by atomic mass is 10.1. The van der Waals surface area contributed by atoms with Gasteiger partial charge in [-0.25, -0.2) is 4.79 Å². The van der Waals surface area contributed by atoms with Gasteiger partial charge in [-0.1, -0.05) is 6.07 Å². The first kappa shape index (κ1) is 14.3. The van der Waals surface area contributed by atoms with Crippen LogP contribution in [0, 0.1) is 0 Å². The molecule has 2 N–H and O–H groups in total. The third-order valence-corrected chi connectivity index (χ3v) is 2.08. The largest absolute Gasteiger partial charge is 0.490 e. The lowest BCUT2D eigenvalue weighted by Gasteiger charge is -2.20. The predicted molar refractivity (Wildman–Crippen MR) is 66.4 cm³/mol. The summed E-state index contributed by atoms with van der Waals surface area (Å²) in [5.41, 5.74) is -1.03. The summed E-state index contributed by atoms with van der Waals surface area (Å²) in [6.07, 6.45) is 0. The van der Waals surface area contributed by atoms with Crippen LogP contribution in [0.3, 0.4) is 0 Å². The van der Waals surface area contributed by atoms with Crippen LogP contribution in [0.5, 0.6) is 11.5 Å². The number of rotatable bonds is 6. The van der Waals surface area contributed by atoms with Gasteiger partial charge in [0.05, 0.1) is 12.2 Å². The minimum absolute atomic E-state index is 0.0165. The number of aromatic carboxylic acids is 1. The van der Waals surface area contributed by atoms with Crippen LogP contribution in [0.25, 0.3) is 0 Å². The second kappa shape index (κ2) is 5.73. The smallest absolute Gasteiger partial charge is 0.339 e. The van der Waals surface area contributed by atoms with Crippen molar-refractivity contribution in [1.29, 1.82) is 0 Å². The first-order chi connectivity index (χ1) is 8.35. The molecule has 0 saturated carbocycles. The van der Waals surface area contributed by atoms with Crippen molar-refractivity contribution in [2.24, 2.45) is 0 Å². The first-order valence-corrected chi connectivity index (χ1v) is 5.69. The monoisotopic (exact) mass is 254 g/mol. The molecule has 1 aromatic rings. The van der Waals surface area contributed by atoms with E-state index in [1.165, 1.54) is 6.07 Å². The summed E-state index contributed by atoms with van der Waals surface area (Å²) in [6.45, 7) is 5.35. The molecule has 0 aliphatic carbocycles. The second-order valence-corrected chi connectivity index (χ2v) is 4.47. The Morgan fingerprint density at radius 3 is 2.50 bits per heavy atom. The van der Waals surface area contributed by atoms with Crippen LogP contribution in [0.2, 0.25) is 0 Å². The summed E-state index contributed by atoms with van der Waals surface area (Å²) in [7, 11) is 0. The lowest BCUT2D eigenvalue weighted by molar-refractivity contribution is 0.0264. The third-order valence-electron chi connectivity index (χ3n) is 2.08. The molecular formula is C13H18O5. The van der Waals surface area contributed by atoms with Crippen LogP contribution in [-0.4, -0.2) is 35.0 Å². The average molecular weight is 254 g/mol. The Morgan fingerprint density at radius 1 is 1.33 bits per heavy atom. The zero-order chi connectivity index (χ0) is 13.8. The normalized spacial score (nSPS) is 11.1. The van der Waals surface area contributed by atoms with Crippen molar-refractivity contribution >= 4 is 5.97 Å². The molecule has 0 atom stereocenters. The summed E-state index contributed by atoms with van der Waals surface area (Å²) >= 11 is 0. The number of carboxylic acids is 1. The molecule has 5 heteroatoms. The van der Waals surface area contributed by atoms with Gasteiger partial charge >= 0.3 is 5.97 Å². The Labute approximate surface area is 106 Å². The number of ether oxygens (including phenoxy) is 2. The van der Waals surface area contributed by atoms with Crippen molar-refractivity contribution in [2.45, 2.75) is 26.4 Å². The molecule has 1 aromatic carbocycles.